The molecule has 0 saturated heterocycles. The first-order chi connectivity index (χ1) is 9.92. The van der Waals surface area contributed by atoms with E-state index in [2.05, 4.69) is 38.0 Å². The van der Waals surface area contributed by atoms with Crippen molar-refractivity contribution in [2.24, 2.45) is 11.3 Å². The number of hydrogen-bond donors (Lipinski definition) is 3. The Hall–Kier alpha value is -0.700. The second kappa shape index (κ2) is 6.60. The van der Waals surface area contributed by atoms with Crippen LogP contribution in [0.4, 0.5) is 5.82 Å². The Kier molecular flexibility index (Phi) is 5.24. The van der Waals surface area contributed by atoms with Gasteiger partial charge in [-0.25, -0.2) is 24.0 Å². The van der Waals surface area contributed by atoms with Gasteiger partial charge >= 0.3 is 0 Å². The van der Waals surface area contributed by atoms with Crippen molar-refractivity contribution in [1.82, 2.24) is 9.71 Å². The van der Waals surface area contributed by atoms with Crippen LogP contribution in [0.3, 0.4) is 0 Å². The van der Waals surface area contributed by atoms with Crippen LogP contribution in [0.5, 0.6) is 0 Å². The largest absolute Gasteiger partial charge is 0.307 e. The van der Waals surface area contributed by atoms with Gasteiger partial charge in [0.15, 0.2) is 5.82 Å². The molecule has 2 rings (SSSR count). The van der Waals surface area contributed by atoms with Gasteiger partial charge in [0, 0.05) is 17.2 Å². The number of nitrogens with one attached hydrogen (secondary N) is 2. The monoisotopic (exact) mass is 376 g/mol. The van der Waals surface area contributed by atoms with E-state index in [1.165, 1.54) is 25.1 Å². The van der Waals surface area contributed by atoms with Gasteiger partial charge in [-0.15, -0.1) is 0 Å². The van der Waals surface area contributed by atoms with E-state index in [1.807, 2.05) is 0 Å². The summed E-state index contributed by atoms with van der Waals surface area (Å²) in [5.74, 6) is 5.49. The van der Waals surface area contributed by atoms with Gasteiger partial charge in [0.05, 0.1) is 0 Å². The number of sulfonamides is 1. The lowest BCUT2D eigenvalue weighted by molar-refractivity contribution is 0.285. The van der Waals surface area contributed by atoms with Gasteiger partial charge in [0.1, 0.15) is 4.90 Å². The van der Waals surface area contributed by atoms with E-state index in [0.29, 0.717) is 11.0 Å². The predicted octanol–water partition coefficient (Wildman–Crippen LogP) is 2.38. The van der Waals surface area contributed by atoms with Crippen molar-refractivity contribution < 1.29 is 8.42 Å². The average molecular weight is 377 g/mol. The third-order valence-corrected chi connectivity index (χ3v) is 6.15. The van der Waals surface area contributed by atoms with Crippen LogP contribution in [0.1, 0.15) is 39.0 Å². The van der Waals surface area contributed by atoms with Crippen molar-refractivity contribution in [2.75, 3.05) is 12.0 Å². The third kappa shape index (κ3) is 3.74. The Morgan fingerprint density at radius 2 is 2.10 bits per heavy atom. The molecule has 118 valence electrons. The third-order valence-electron chi connectivity index (χ3n) is 4.30. The van der Waals surface area contributed by atoms with Crippen LogP contribution in [0.2, 0.25) is 0 Å². The summed E-state index contributed by atoms with van der Waals surface area (Å²) in [5.41, 5.74) is 2.42. The molecule has 1 saturated carbocycles. The van der Waals surface area contributed by atoms with E-state index in [4.69, 9.17) is 5.84 Å². The van der Waals surface area contributed by atoms with Gasteiger partial charge in [-0.1, -0.05) is 19.8 Å². The fourth-order valence-corrected chi connectivity index (χ4v) is 4.62. The molecule has 0 atom stereocenters. The zero-order valence-corrected chi connectivity index (χ0v) is 14.4. The van der Waals surface area contributed by atoms with Crippen LogP contribution in [0.25, 0.3) is 0 Å². The summed E-state index contributed by atoms with van der Waals surface area (Å²) in [5, 5.41) is 0. The first kappa shape index (κ1) is 16.7. The van der Waals surface area contributed by atoms with Crippen molar-refractivity contribution in [3.05, 3.63) is 16.7 Å². The zero-order valence-electron chi connectivity index (χ0n) is 12.0. The van der Waals surface area contributed by atoms with Crippen LogP contribution < -0.4 is 16.0 Å². The number of anilines is 1. The smallest absolute Gasteiger partial charge is 0.244 e. The second-order valence-corrected chi connectivity index (χ2v) is 8.18. The summed E-state index contributed by atoms with van der Waals surface area (Å²) < 4.78 is 28.3. The Balaban J connectivity index is 2.20. The summed E-state index contributed by atoms with van der Waals surface area (Å²) in [6.45, 7) is 2.58. The van der Waals surface area contributed by atoms with Crippen molar-refractivity contribution >= 4 is 31.8 Å². The van der Waals surface area contributed by atoms with E-state index in [-0.39, 0.29) is 16.1 Å². The fourth-order valence-electron chi connectivity index (χ4n) is 2.84. The number of halogens is 1. The highest BCUT2D eigenvalue weighted by molar-refractivity contribution is 9.10. The molecule has 1 aromatic heterocycles. The fraction of sp³-hybridized carbons (Fsp3) is 0.615. The van der Waals surface area contributed by atoms with Gasteiger partial charge in [-0.05, 0) is 46.7 Å². The number of nitrogen functional groups attached to an aromatic ring is 1. The maximum Gasteiger partial charge on any atom is 0.244 e. The number of pyridine rings is 1. The Bertz CT molecular complexity index is 600. The summed E-state index contributed by atoms with van der Waals surface area (Å²) in [6, 6.07) is 1.50. The second-order valence-electron chi connectivity index (χ2n) is 5.53. The van der Waals surface area contributed by atoms with Gasteiger partial charge in [-0.3, -0.25) is 0 Å². The van der Waals surface area contributed by atoms with Gasteiger partial charge < -0.3 is 5.43 Å². The van der Waals surface area contributed by atoms with Crippen LogP contribution in [-0.2, 0) is 10.0 Å². The molecule has 0 aromatic carbocycles. The highest BCUT2D eigenvalue weighted by Crippen LogP contribution is 2.40. The maximum atomic E-state index is 12.5. The molecular formula is C13H21BrN4O2S. The number of hydrazine groups is 1. The molecule has 0 unspecified atom stereocenters. The molecule has 8 heteroatoms. The number of rotatable bonds is 6. The minimum Gasteiger partial charge on any atom is -0.307 e. The highest BCUT2D eigenvalue weighted by Gasteiger charge is 2.33. The molecule has 0 amide bonds. The quantitative estimate of drug-likeness (QED) is 0.522. The predicted molar refractivity (Wildman–Crippen MR) is 86.1 cm³/mol. The first-order valence-corrected chi connectivity index (χ1v) is 9.32. The summed E-state index contributed by atoms with van der Waals surface area (Å²) in [7, 11) is -3.65. The topological polar surface area (TPSA) is 97.1 Å². The van der Waals surface area contributed by atoms with E-state index in [1.54, 1.807) is 0 Å². The van der Waals surface area contributed by atoms with Crippen molar-refractivity contribution in [2.45, 2.75) is 43.9 Å². The normalized spacial score (nSPS) is 17.9. The van der Waals surface area contributed by atoms with Crippen LogP contribution in [0.15, 0.2) is 21.6 Å². The Morgan fingerprint density at radius 1 is 1.43 bits per heavy atom. The SMILES string of the molecule is CCC1(CNS(=O)(=O)c2cc(Br)cnc2NN)CCCC1. The van der Waals surface area contributed by atoms with Crippen LogP contribution in [0, 0.1) is 5.41 Å². The first-order valence-electron chi connectivity index (χ1n) is 7.04. The molecule has 1 aliphatic rings. The average Bonchev–Trinajstić information content (AvgIpc) is 2.95. The molecule has 0 radical (unpaired) electrons. The number of nitrogens with zero attached hydrogens (tertiary/aromatic N) is 1. The molecule has 1 heterocycles. The van der Waals surface area contributed by atoms with Crippen molar-refractivity contribution in [1.29, 1.82) is 0 Å². The molecule has 21 heavy (non-hydrogen) atoms. The molecule has 1 aliphatic carbocycles. The zero-order chi connectivity index (χ0) is 15.5. The minimum absolute atomic E-state index is 0.0589. The lowest BCUT2D eigenvalue weighted by Crippen LogP contribution is -2.36. The standard InChI is InChI=1S/C13H21BrN4O2S/c1-2-13(5-3-4-6-13)9-17-21(19,20)11-7-10(14)8-16-12(11)18-15/h7-8,17H,2-6,9,15H2,1H3,(H,16,18). The van der Waals surface area contributed by atoms with Gasteiger partial charge in [0.2, 0.25) is 10.0 Å². The molecule has 4 N–H and O–H groups in total. The molecular weight excluding hydrogens is 356 g/mol. The molecule has 0 aliphatic heterocycles. The van der Waals surface area contributed by atoms with Crippen molar-refractivity contribution in [3.8, 4) is 0 Å². The van der Waals surface area contributed by atoms with E-state index < -0.39 is 10.0 Å². The van der Waals surface area contributed by atoms with Crippen LogP contribution >= 0.6 is 15.9 Å². The van der Waals surface area contributed by atoms with Gasteiger partial charge in [-0.2, -0.15) is 0 Å². The van der Waals surface area contributed by atoms with Crippen molar-refractivity contribution in [3.63, 3.8) is 0 Å². The maximum absolute atomic E-state index is 12.5. The van der Waals surface area contributed by atoms with Gasteiger partial charge in [0.25, 0.3) is 0 Å². The molecule has 1 fully saturated rings. The molecule has 1 aromatic rings. The Morgan fingerprint density at radius 3 is 2.67 bits per heavy atom. The number of aromatic nitrogens is 1. The molecule has 0 bridgehead atoms. The Labute approximate surface area is 134 Å². The van der Waals surface area contributed by atoms with E-state index >= 15 is 0 Å². The van der Waals surface area contributed by atoms with Crippen LogP contribution in [-0.4, -0.2) is 19.9 Å². The van der Waals surface area contributed by atoms with E-state index in [9.17, 15) is 8.42 Å². The summed E-state index contributed by atoms with van der Waals surface area (Å²) in [4.78, 5) is 4.04. The number of hydrogen-bond acceptors (Lipinski definition) is 5. The lowest BCUT2D eigenvalue weighted by atomic mass is 9.84. The highest BCUT2D eigenvalue weighted by atomic mass is 79.9. The number of nitrogens with two attached hydrogens (primary N) is 1. The lowest BCUT2D eigenvalue weighted by Gasteiger charge is -2.27. The molecule has 0 spiro atoms. The van der Waals surface area contributed by atoms with E-state index in [0.717, 1.165) is 19.3 Å². The molecule has 6 nitrogen and oxygen atoms in total. The summed E-state index contributed by atoms with van der Waals surface area (Å²) in [6.07, 6.45) is 6.97. The minimum atomic E-state index is -3.65. The summed E-state index contributed by atoms with van der Waals surface area (Å²) >= 11 is 3.24.